The van der Waals surface area contributed by atoms with E-state index in [1.165, 1.54) is 56.5 Å². The fourth-order valence-corrected chi connectivity index (χ4v) is 3.80. The zero-order chi connectivity index (χ0) is 12.2. The number of imidazole rings is 1. The van der Waals surface area contributed by atoms with Gasteiger partial charge in [-0.15, -0.1) is 0 Å². The van der Waals surface area contributed by atoms with Crippen molar-refractivity contribution >= 4 is 0 Å². The summed E-state index contributed by atoms with van der Waals surface area (Å²) in [6.07, 6.45) is 9.39. The van der Waals surface area contributed by atoms with Crippen molar-refractivity contribution in [2.75, 3.05) is 6.54 Å². The number of nitrogens with one attached hydrogen (secondary N) is 1. The molecule has 0 unspecified atom stereocenters. The summed E-state index contributed by atoms with van der Waals surface area (Å²) in [5, 5.41) is 3.47. The maximum Gasteiger partial charge on any atom is 0.112 e. The Balaban J connectivity index is 1.82. The van der Waals surface area contributed by atoms with Crippen LogP contribution in [0.2, 0.25) is 0 Å². The van der Waals surface area contributed by atoms with Crippen molar-refractivity contribution in [1.29, 1.82) is 0 Å². The quantitative estimate of drug-likeness (QED) is 0.868. The van der Waals surface area contributed by atoms with Gasteiger partial charge in [-0.25, -0.2) is 4.98 Å². The predicted molar refractivity (Wildman–Crippen MR) is 71.7 cm³/mol. The topological polar surface area (TPSA) is 29.9 Å². The Morgan fingerprint density at radius 2 is 2.06 bits per heavy atom. The van der Waals surface area contributed by atoms with Gasteiger partial charge in [-0.05, 0) is 32.6 Å². The Morgan fingerprint density at radius 1 is 1.28 bits per heavy atom. The number of hydrogen-bond acceptors (Lipinski definition) is 2. The van der Waals surface area contributed by atoms with Gasteiger partial charge >= 0.3 is 0 Å². The summed E-state index contributed by atoms with van der Waals surface area (Å²) in [5.74, 6) is 2.18. The van der Waals surface area contributed by atoms with E-state index >= 15 is 0 Å². The van der Waals surface area contributed by atoms with Crippen LogP contribution in [0.1, 0.15) is 68.6 Å². The first kappa shape index (κ1) is 11.0. The number of fused-ring (bicyclic) bond motifs is 1. The van der Waals surface area contributed by atoms with E-state index < -0.39 is 0 Å². The molecule has 18 heavy (non-hydrogen) atoms. The molecular weight excluding hydrogens is 222 g/mol. The van der Waals surface area contributed by atoms with E-state index in [-0.39, 0.29) is 0 Å². The monoisotopic (exact) mass is 245 g/mol. The normalized spacial score (nSPS) is 26.3. The minimum absolute atomic E-state index is 0.413. The molecule has 2 saturated carbocycles. The first-order valence-corrected chi connectivity index (χ1v) is 7.59. The van der Waals surface area contributed by atoms with E-state index in [0.29, 0.717) is 5.54 Å². The van der Waals surface area contributed by atoms with E-state index in [9.17, 15) is 0 Å². The minimum Gasteiger partial charge on any atom is -0.326 e. The van der Waals surface area contributed by atoms with Gasteiger partial charge in [-0.2, -0.15) is 0 Å². The molecule has 4 rings (SSSR count). The van der Waals surface area contributed by atoms with Crippen LogP contribution >= 0.6 is 0 Å². The standard InChI is InChI=1S/C15H23N3/c1-15(7-8-15)18-13-6-9-16-10-12(13)17-14(18)11-4-2-3-5-11/h11,16H,2-10H2,1H3. The molecule has 1 aromatic rings. The number of nitrogens with zero attached hydrogens (tertiary/aromatic N) is 2. The van der Waals surface area contributed by atoms with E-state index in [1.807, 2.05) is 0 Å². The molecule has 2 heterocycles. The van der Waals surface area contributed by atoms with Crippen molar-refractivity contribution in [3.63, 3.8) is 0 Å². The molecule has 2 aliphatic carbocycles. The highest BCUT2D eigenvalue weighted by atomic mass is 15.2. The zero-order valence-corrected chi connectivity index (χ0v) is 11.3. The molecule has 0 amide bonds. The van der Waals surface area contributed by atoms with E-state index in [1.54, 1.807) is 5.69 Å². The van der Waals surface area contributed by atoms with Gasteiger partial charge in [0.25, 0.3) is 0 Å². The van der Waals surface area contributed by atoms with Crippen LogP contribution in [0.5, 0.6) is 0 Å². The molecule has 1 aromatic heterocycles. The molecule has 1 N–H and O–H groups in total. The van der Waals surface area contributed by atoms with Gasteiger partial charge in [-0.3, -0.25) is 0 Å². The van der Waals surface area contributed by atoms with Crippen LogP contribution < -0.4 is 5.32 Å². The Bertz CT molecular complexity index is 464. The molecule has 0 atom stereocenters. The molecule has 0 spiro atoms. The third-order valence-corrected chi connectivity index (χ3v) is 5.15. The van der Waals surface area contributed by atoms with Crippen LogP contribution in [0.25, 0.3) is 0 Å². The Morgan fingerprint density at radius 3 is 2.78 bits per heavy atom. The average molecular weight is 245 g/mol. The molecule has 98 valence electrons. The lowest BCUT2D eigenvalue weighted by molar-refractivity contribution is 0.458. The molecule has 0 radical (unpaired) electrons. The van der Waals surface area contributed by atoms with Crippen molar-refractivity contribution in [3.8, 4) is 0 Å². The smallest absolute Gasteiger partial charge is 0.112 e. The van der Waals surface area contributed by atoms with Crippen LogP contribution in [0.15, 0.2) is 0 Å². The van der Waals surface area contributed by atoms with Gasteiger partial charge < -0.3 is 9.88 Å². The van der Waals surface area contributed by atoms with Crippen molar-refractivity contribution in [2.45, 2.75) is 69.9 Å². The van der Waals surface area contributed by atoms with Gasteiger partial charge in [0, 0.05) is 36.7 Å². The van der Waals surface area contributed by atoms with Gasteiger partial charge in [0.2, 0.25) is 0 Å². The van der Waals surface area contributed by atoms with Crippen LogP contribution in [-0.4, -0.2) is 16.1 Å². The second kappa shape index (κ2) is 3.83. The lowest BCUT2D eigenvalue weighted by atomic mass is 10.1. The van der Waals surface area contributed by atoms with Gasteiger partial charge in [0.05, 0.1) is 5.69 Å². The third kappa shape index (κ3) is 1.56. The van der Waals surface area contributed by atoms with Crippen molar-refractivity contribution in [3.05, 3.63) is 17.2 Å². The Hall–Kier alpha value is -0.830. The average Bonchev–Trinajstić information content (AvgIpc) is 2.89. The lowest BCUT2D eigenvalue weighted by Gasteiger charge is -2.23. The fraction of sp³-hybridized carbons (Fsp3) is 0.800. The Kier molecular flexibility index (Phi) is 2.35. The summed E-state index contributed by atoms with van der Waals surface area (Å²) >= 11 is 0. The molecule has 0 bridgehead atoms. The third-order valence-electron chi connectivity index (χ3n) is 5.15. The molecule has 3 aliphatic rings. The predicted octanol–water partition coefficient (Wildman–Crippen LogP) is 2.70. The molecule has 1 aliphatic heterocycles. The summed E-state index contributed by atoms with van der Waals surface area (Å²) in [6.45, 7) is 4.53. The molecule has 0 aromatic carbocycles. The second-order valence-electron chi connectivity index (χ2n) is 6.60. The summed E-state index contributed by atoms with van der Waals surface area (Å²) in [5.41, 5.74) is 3.31. The highest BCUT2D eigenvalue weighted by Crippen LogP contribution is 2.48. The Labute approximate surface area is 109 Å². The lowest BCUT2D eigenvalue weighted by Crippen LogP contribution is -2.27. The zero-order valence-electron chi connectivity index (χ0n) is 11.3. The SMILES string of the molecule is CC1(n2c(C3CCCC3)nc3c2CCNC3)CC1. The first-order valence-electron chi connectivity index (χ1n) is 7.59. The number of aromatic nitrogens is 2. The second-order valence-corrected chi connectivity index (χ2v) is 6.60. The minimum atomic E-state index is 0.413. The van der Waals surface area contributed by atoms with Crippen molar-refractivity contribution < 1.29 is 0 Å². The number of rotatable bonds is 2. The molecule has 2 fully saturated rings. The summed E-state index contributed by atoms with van der Waals surface area (Å²) in [4.78, 5) is 5.04. The largest absolute Gasteiger partial charge is 0.326 e. The van der Waals surface area contributed by atoms with Crippen molar-refractivity contribution in [2.24, 2.45) is 0 Å². The van der Waals surface area contributed by atoms with Gasteiger partial charge in [0.15, 0.2) is 0 Å². The fourth-order valence-electron chi connectivity index (χ4n) is 3.80. The van der Waals surface area contributed by atoms with Crippen LogP contribution in [0, 0.1) is 0 Å². The van der Waals surface area contributed by atoms with Crippen LogP contribution in [0.4, 0.5) is 0 Å². The summed E-state index contributed by atoms with van der Waals surface area (Å²) in [6, 6.07) is 0. The first-order chi connectivity index (χ1) is 8.78. The van der Waals surface area contributed by atoms with Gasteiger partial charge in [-0.1, -0.05) is 12.8 Å². The van der Waals surface area contributed by atoms with Crippen LogP contribution in [0.3, 0.4) is 0 Å². The van der Waals surface area contributed by atoms with Crippen molar-refractivity contribution in [1.82, 2.24) is 14.9 Å². The highest BCUT2D eigenvalue weighted by Gasteiger charge is 2.44. The van der Waals surface area contributed by atoms with Crippen LogP contribution in [-0.2, 0) is 18.5 Å². The number of hydrogen-bond donors (Lipinski definition) is 1. The van der Waals surface area contributed by atoms with E-state index in [2.05, 4.69) is 16.8 Å². The summed E-state index contributed by atoms with van der Waals surface area (Å²) in [7, 11) is 0. The summed E-state index contributed by atoms with van der Waals surface area (Å²) < 4.78 is 2.67. The van der Waals surface area contributed by atoms with E-state index in [4.69, 9.17) is 4.98 Å². The molecular formula is C15H23N3. The van der Waals surface area contributed by atoms with E-state index in [0.717, 1.165) is 19.0 Å². The maximum atomic E-state index is 5.04. The molecule has 3 nitrogen and oxygen atoms in total. The van der Waals surface area contributed by atoms with Gasteiger partial charge in [0.1, 0.15) is 5.82 Å². The molecule has 0 saturated heterocycles. The maximum absolute atomic E-state index is 5.04. The molecule has 3 heteroatoms. The highest BCUT2D eigenvalue weighted by molar-refractivity contribution is 5.26.